The van der Waals surface area contributed by atoms with Crippen LogP contribution in [0.15, 0.2) is 96.1 Å². The normalized spacial score (nSPS) is 10.6. The molecule has 4 aromatic carbocycles. The Balaban J connectivity index is 1.43. The monoisotopic (exact) mass is 552 g/mol. The van der Waals surface area contributed by atoms with Crippen molar-refractivity contribution in [3.05, 3.63) is 129 Å². The van der Waals surface area contributed by atoms with E-state index in [4.69, 9.17) is 9.47 Å². The number of benzene rings is 4. The number of ether oxygens (including phenoxy) is 2. The largest absolute Gasteiger partial charge is 0.497 e. The van der Waals surface area contributed by atoms with Crippen molar-refractivity contribution in [3.63, 3.8) is 0 Å². The van der Waals surface area contributed by atoms with Crippen LogP contribution >= 0.6 is 0 Å². The van der Waals surface area contributed by atoms with Crippen LogP contribution in [-0.2, 0) is 0 Å². The second-order valence-electron chi connectivity index (χ2n) is 8.70. The summed E-state index contributed by atoms with van der Waals surface area (Å²) in [6.07, 6.45) is 1.13. The molecule has 0 saturated carbocycles. The molecule has 0 aromatic heterocycles. The van der Waals surface area contributed by atoms with Gasteiger partial charge >= 0.3 is 5.97 Å². The van der Waals surface area contributed by atoms with Crippen molar-refractivity contribution in [1.82, 2.24) is 5.43 Å². The third kappa shape index (κ3) is 7.39. The van der Waals surface area contributed by atoms with Crippen LogP contribution < -0.4 is 20.2 Å². The SMILES string of the molecule is COc1cccc(C(=O)Oc2ccc([N+](=O)[O-])cc2/C=N/NC(=O)c2ccc(NC(=O)c3ccc(C)cc3)cc2)c1. The number of hydrogen-bond acceptors (Lipinski definition) is 8. The molecule has 0 aliphatic heterocycles. The van der Waals surface area contributed by atoms with Crippen molar-refractivity contribution >= 4 is 35.4 Å². The summed E-state index contributed by atoms with van der Waals surface area (Å²) >= 11 is 0. The Hall–Kier alpha value is -5.84. The number of hydrazone groups is 1. The van der Waals surface area contributed by atoms with Gasteiger partial charge in [0.2, 0.25) is 0 Å². The summed E-state index contributed by atoms with van der Waals surface area (Å²) in [5.74, 6) is -1.12. The van der Waals surface area contributed by atoms with E-state index in [1.807, 2.05) is 19.1 Å². The van der Waals surface area contributed by atoms with E-state index in [1.54, 1.807) is 36.4 Å². The number of nitrogens with one attached hydrogen (secondary N) is 2. The van der Waals surface area contributed by atoms with Crippen molar-refractivity contribution in [1.29, 1.82) is 0 Å². The standard InChI is InChI=1S/C30H24N4O7/c1-19-6-8-20(9-7-19)28(35)32-24-12-10-21(11-13-24)29(36)33-31-18-23-16-25(34(38)39)14-15-27(23)41-30(37)22-4-3-5-26(17-22)40-2/h3-18H,1-2H3,(H,32,35)(H,33,36)/b31-18+. The molecule has 0 heterocycles. The highest BCUT2D eigenvalue weighted by Crippen LogP contribution is 2.24. The van der Waals surface area contributed by atoms with Crippen LogP contribution in [0.5, 0.6) is 11.5 Å². The number of anilines is 1. The third-order valence-electron chi connectivity index (χ3n) is 5.80. The summed E-state index contributed by atoms with van der Waals surface area (Å²) in [6, 6.07) is 23.2. The fourth-order valence-corrected chi connectivity index (χ4v) is 3.59. The zero-order valence-corrected chi connectivity index (χ0v) is 22.0. The number of carbonyl (C=O) groups excluding carboxylic acids is 3. The summed E-state index contributed by atoms with van der Waals surface area (Å²) in [7, 11) is 1.46. The highest BCUT2D eigenvalue weighted by atomic mass is 16.6. The Kier molecular flexibility index (Phi) is 8.80. The summed E-state index contributed by atoms with van der Waals surface area (Å²) < 4.78 is 10.6. The van der Waals surface area contributed by atoms with E-state index in [0.717, 1.165) is 17.8 Å². The average Bonchev–Trinajstić information content (AvgIpc) is 2.98. The van der Waals surface area contributed by atoms with E-state index < -0.39 is 16.8 Å². The Labute approximate surface area is 234 Å². The Bertz CT molecular complexity index is 1630. The van der Waals surface area contributed by atoms with Gasteiger partial charge < -0.3 is 14.8 Å². The number of carbonyl (C=O) groups is 3. The molecular formula is C30H24N4O7. The molecule has 0 saturated heterocycles. The van der Waals surface area contributed by atoms with Gasteiger partial charge in [-0.1, -0.05) is 23.8 Å². The quantitative estimate of drug-likeness (QED) is 0.0959. The first-order chi connectivity index (χ1) is 19.7. The smallest absolute Gasteiger partial charge is 0.343 e. The number of nitro groups is 1. The molecule has 0 atom stereocenters. The Morgan fingerprint density at radius 1 is 0.854 bits per heavy atom. The molecule has 2 N–H and O–H groups in total. The number of methoxy groups -OCH3 is 1. The lowest BCUT2D eigenvalue weighted by atomic mass is 10.1. The number of aryl methyl sites for hydroxylation is 1. The number of non-ortho nitro benzene ring substituents is 1. The second-order valence-corrected chi connectivity index (χ2v) is 8.70. The van der Waals surface area contributed by atoms with Gasteiger partial charge in [0.05, 0.1) is 23.8 Å². The second kappa shape index (κ2) is 12.8. The van der Waals surface area contributed by atoms with E-state index >= 15 is 0 Å². The lowest BCUT2D eigenvalue weighted by Crippen LogP contribution is -2.18. The summed E-state index contributed by atoms with van der Waals surface area (Å²) in [6.45, 7) is 1.93. The molecule has 11 heteroatoms. The van der Waals surface area contributed by atoms with E-state index in [-0.39, 0.29) is 34.0 Å². The minimum atomic E-state index is -0.717. The molecule has 41 heavy (non-hydrogen) atoms. The fraction of sp³-hybridized carbons (Fsp3) is 0.0667. The number of nitro benzene ring substituents is 1. The molecule has 0 fully saturated rings. The Morgan fingerprint density at radius 3 is 2.22 bits per heavy atom. The maximum atomic E-state index is 12.7. The molecule has 0 aliphatic carbocycles. The molecule has 4 rings (SSSR count). The number of esters is 1. The first kappa shape index (κ1) is 28.2. The predicted octanol–water partition coefficient (Wildman–Crippen LogP) is 5.15. The van der Waals surface area contributed by atoms with Gasteiger partial charge in [-0.05, 0) is 67.6 Å². The molecule has 11 nitrogen and oxygen atoms in total. The van der Waals surface area contributed by atoms with Crippen molar-refractivity contribution < 1.29 is 28.8 Å². The summed E-state index contributed by atoms with van der Waals surface area (Å²) in [4.78, 5) is 48.3. The minimum absolute atomic E-state index is 0.00455. The maximum Gasteiger partial charge on any atom is 0.343 e. The van der Waals surface area contributed by atoms with Crippen LogP contribution in [0.3, 0.4) is 0 Å². The van der Waals surface area contributed by atoms with Gasteiger partial charge in [0.1, 0.15) is 11.5 Å². The van der Waals surface area contributed by atoms with Crippen LogP contribution in [0.25, 0.3) is 0 Å². The maximum absolute atomic E-state index is 12.7. The van der Waals surface area contributed by atoms with Gasteiger partial charge in [0, 0.05) is 34.5 Å². The number of rotatable bonds is 9. The lowest BCUT2D eigenvalue weighted by Gasteiger charge is -2.09. The third-order valence-corrected chi connectivity index (χ3v) is 5.80. The van der Waals surface area contributed by atoms with E-state index in [9.17, 15) is 24.5 Å². The van der Waals surface area contributed by atoms with Crippen molar-refractivity contribution in [3.8, 4) is 11.5 Å². The highest BCUT2D eigenvalue weighted by molar-refractivity contribution is 6.04. The van der Waals surface area contributed by atoms with Crippen LogP contribution in [-0.4, -0.2) is 36.0 Å². The molecule has 0 bridgehead atoms. The number of nitrogens with zero attached hydrogens (tertiary/aromatic N) is 2. The van der Waals surface area contributed by atoms with Gasteiger partial charge in [0.15, 0.2) is 0 Å². The molecule has 4 aromatic rings. The van der Waals surface area contributed by atoms with Gasteiger partial charge in [0.25, 0.3) is 17.5 Å². The van der Waals surface area contributed by atoms with Crippen molar-refractivity contribution in [2.24, 2.45) is 5.10 Å². The lowest BCUT2D eigenvalue weighted by molar-refractivity contribution is -0.384. The van der Waals surface area contributed by atoms with Gasteiger partial charge in [-0.15, -0.1) is 0 Å². The zero-order valence-electron chi connectivity index (χ0n) is 22.0. The number of amides is 2. The molecule has 0 radical (unpaired) electrons. The molecular weight excluding hydrogens is 528 g/mol. The molecule has 2 amide bonds. The van der Waals surface area contributed by atoms with Gasteiger partial charge in [-0.3, -0.25) is 19.7 Å². The summed E-state index contributed by atoms with van der Waals surface area (Å²) in [5, 5.41) is 17.9. The van der Waals surface area contributed by atoms with E-state index in [0.29, 0.717) is 17.0 Å². The van der Waals surface area contributed by atoms with E-state index in [2.05, 4.69) is 15.8 Å². The van der Waals surface area contributed by atoms with Gasteiger partial charge in [-0.25, -0.2) is 10.2 Å². The summed E-state index contributed by atoms with van der Waals surface area (Å²) in [5.41, 5.74) is 4.65. The molecule has 0 unspecified atom stereocenters. The average molecular weight is 553 g/mol. The highest BCUT2D eigenvalue weighted by Gasteiger charge is 2.16. The Morgan fingerprint density at radius 2 is 1.54 bits per heavy atom. The fourth-order valence-electron chi connectivity index (χ4n) is 3.59. The van der Waals surface area contributed by atoms with Gasteiger partial charge in [-0.2, -0.15) is 5.10 Å². The first-order valence-electron chi connectivity index (χ1n) is 12.2. The van der Waals surface area contributed by atoms with Crippen molar-refractivity contribution in [2.45, 2.75) is 6.92 Å². The topological polar surface area (TPSA) is 149 Å². The van der Waals surface area contributed by atoms with Crippen LogP contribution in [0.1, 0.15) is 42.2 Å². The predicted molar refractivity (Wildman–Crippen MR) is 152 cm³/mol. The van der Waals surface area contributed by atoms with Crippen LogP contribution in [0, 0.1) is 17.0 Å². The zero-order chi connectivity index (χ0) is 29.4. The molecule has 206 valence electrons. The molecule has 0 aliphatic rings. The first-order valence-corrected chi connectivity index (χ1v) is 12.2. The number of hydrogen-bond donors (Lipinski definition) is 2. The molecule has 0 spiro atoms. The minimum Gasteiger partial charge on any atom is -0.497 e. The van der Waals surface area contributed by atoms with Crippen LogP contribution in [0.2, 0.25) is 0 Å². The van der Waals surface area contributed by atoms with Crippen molar-refractivity contribution in [2.75, 3.05) is 12.4 Å². The van der Waals surface area contributed by atoms with Crippen LogP contribution in [0.4, 0.5) is 11.4 Å². The van der Waals surface area contributed by atoms with E-state index in [1.165, 1.54) is 43.5 Å².